The summed E-state index contributed by atoms with van der Waals surface area (Å²) in [6.07, 6.45) is 5.04. The van der Waals surface area contributed by atoms with Crippen LogP contribution in [0.3, 0.4) is 0 Å². The van der Waals surface area contributed by atoms with Crippen LogP contribution in [0.2, 0.25) is 5.02 Å². The molecule has 0 unspecified atom stereocenters. The van der Waals surface area contributed by atoms with Crippen LogP contribution in [-0.2, 0) is 32.6 Å². The number of rotatable bonds is 12. The normalized spacial score (nSPS) is 14.3. The lowest BCUT2D eigenvalue weighted by atomic mass is 9.94. The first kappa shape index (κ1) is 33.2. The first-order valence-electron chi connectivity index (χ1n) is 15.4. The summed E-state index contributed by atoms with van der Waals surface area (Å²) in [4.78, 5) is 29.9. The maximum atomic E-state index is 15.2. The van der Waals surface area contributed by atoms with E-state index < -0.39 is 34.3 Å². The summed E-state index contributed by atoms with van der Waals surface area (Å²) >= 11 is 6.15. The average Bonchev–Trinajstić information content (AvgIpc) is 3.07. The fourth-order valence-electron chi connectivity index (χ4n) is 5.77. The van der Waals surface area contributed by atoms with E-state index >= 15 is 4.39 Å². The van der Waals surface area contributed by atoms with Gasteiger partial charge in [-0.3, -0.25) is 13.9 Å². The van der Waals surface area contributed by atoms with Crippen molar-refractivity contribution < 1.29 is 22.4 Å². The third-order valence-electron chi connectivity index (χ3n) is 8.22. The molecule has 1 aliphatic rings. The third-order valence-corrected chi connectivity index (χ3v) is 10.2. The van der Waals surface area contributed by atoms with Crippen LogP contribution in [0.1, 0.15) is 43.2 Å². The highest BCUT2D eigenvalue weighted by atomic mass is 35.5. The highest BCUT2D eigenvalue weighted by Crippen LogP contribution is 2.27. The highest BCUT2D eigenvalue weighted by Gasteiger charge is 2.36. The topological polar surface area (TPSA) is 86.8 Å². The Morgan fingerprint density at radius 3 is 2.07 bits per heavy atom. The Kier molecular flexibility index (Phi) is 11.1. The lowest BCUT2D eigenvalue weighted by molar-refractivity contribution is -0.140. The molecule has 0 spiro atoms. The number of amides is 2. The van der Waals surface area contributed by atoms with Crippen LogP contribution < -0.4 is 9.62 Å². The van der Waals surface area contributed by atoms with Gasteiger partial charge in [-0.15, -0.1) is 0 Å². The van der Waals surface area contributed by atoms with Gasteiger partial charge in [-0.25, -0.2) is 12.8 Å². The molecule has 5 rings (SSSR count). The first-order valence-corrected chi connectivity index (χ1v) is 17.2. The van der Waals surface area contributed by atoms with E-state index in [2.05, 4.69) is 5.32 Å². The fourth-order valence-corrected chi connectivity index (χ4v) is 7.34. The van der Waals surface area contributed by atoms with Gasteiger partial charge in [0.1, 0.15) is 18.4 Å². The summed E-state index contributed by atoms with van der Waals surface area (Å²) in [7, 11) is -4.38. The quantitative estimate of drug-likeness (QED) is 0.182. The second-order valence-electron chi connectivity index (χ2n) is 11.5. The minimum absolute atomic E-state index is 0.00207. The molecular formula is C36H37ClFN3O4S. The van der Waals surface area contributed by atoms with Crippen LogP contribution in [0.5, 0.6) is 0 Å². The molecule has 0 saturated heterocycles. The highest BCUT2D eigenvalue weighted by molar-refractivity contribution is 7.92. The Morgan fingerprint density at radius 1 is 0.804 bits per heavy atom. The number of hydrogen-bond acceptors (Lipinski definition) is 4. The lowest BCUT2D eigenvalue weighted by Gasteiger charge is -2.35. The van der Waals surface area contributed by atoms with Gasteiger partial charge in [-0.05, 0) is 60.4 Å². The SMILES string of the molecule is O=C(NC1CCCCC1)[C@H](Cc1ccccc1)N(Cc1ccc(Cl)cc1)C(=O)CN(c1ccccc1F)S(=O)(=O)c1ccccc1. The van der Waals surface area contributed by atoms with Crippen molar-refractivity contribution in [3.05, 3.63) is 131 Å². The Labute approximate surface area is 275 Å². The minimum atomic E-state index is -4.38. The van der Waals surface area contributed by atoms with Crippen molar-refractivity contribution in [2.45, 2.75) is 62.0 Å². The van der Waals surface area contributed by atoms with E-state index in [-0.39, 0.29) is 35.5 Å². The standard InChI is InChI=1S/C36H37ClFN3O4S/c37-29-22-20-28(21-23-29)25-40(34(24-27-12-4-1-5-13-27)36(43)39-30-14-6-2-7-15-30)35(42)26-41(33-19-11-10-18-32(33)38)46(44,45)31-16-8-3-9-17-31/h1,3-5,8-13,16-23,30,34H,2,6-7,14-15,24-26H2,(H,39,43)/t34-/m0/s1. The Hall–Kier alpha value is -4.21. The molecule has 0 aromatic heterocycles. The summed E-state index contributed by atoms with van der Waals surface area (Å²) in [5, 5.41) is 3.69. The van der Waals surface area contributed by atoms with Crippen molar-refractivity contribution in [2.24, 2.45) is 0 Å². The number of sulfonamides is 1. The van der Waals surface area contributed by atoms with Crippen LogP contribution in [0.15, 0.2) is 114 Å². The number of para-hydroxylation sites is 1. The predicted octanol–water partition coefficient (Wildman–Crippen LogP) is 6.76. The monoisotopic (exact) mass is 661 g/mol. The number of carbonyl (C=O) groups excluding carboxylic acids is 2. The molecule has 4 aromatic rings. The number of hydrogen-bond donors (Lipinski definition) is 1. The molecule has 1 saturated carbocycles. The van der Waals surface area contributed by atoms with E-state index in [0.29, 0.717) is 10.6 Å². The molecule has 0 aliphatic heterocycles. The largest absolute Gasteiger partial charge is 0.352 e. The molecule has 0 bridgehead atoms. The molecule has 2 amide bonds. The van der Waals surface area contributed by atoms with E-state index in [0.717, 1.165) is 48.0 Å². The van der Waals surface area contributed by atoms with Crippen molar-refractivity contribution in [2.75, 3.05) is 10.8 Å². The van der Waals surface area contributed by atoms with Crippen molar-refractivity contribution in [3.8, 4) is 0 Å². The Morgan fingerprint density at radius 2 is 1.41 bits per heavy atom. The van der Waals surface area contributed by atoms with Gasteiger partial charge < -0.3 is 10.2 Å². The molecule has 1 aliphatic carbocycles. The van der Waals surface area contributed by atoms with Gasteiger partial charge in [0.25, 0.3) is 10.0 Å². The molecule has 10 heteroatoms. The Balaban J connectivity index is 1.56. The zero-order valence-electron chi connectivity index (χ0n) is 25.4. The maximum Gasteiger partial charge on any atom is 0.264 e. The molecule has 1 fully saturated rings. The summed E-state index contributed by atoms with van der Waals surface area (Å²) in [5.74, 6) is -1.77. The van der Waals surface area contributed by atoms with Gasteiger partial charge >= 0.3 is 0 Å². The molecule has 0 heterocycles. The number of halogens is 2. The summed E-state index contributed by atoms with van der Waals surface area (Å²) < 4.78 is 44.0. The summed E-state index contributed by atoms with van der Waals surface area (Å²) in [6, 6.07) is 28.3. The second-order valence-corrected chi connectivity index (χ2v) is 13.8. The molecule has 4 aromatic carbocycles. The first-order chi connectivity index (χ1) is 22.2. The predicted molar refractivity (Wildman–Crippen MR) is 178 cm³/mol. The van der Waals surface area contributed by atoms with Crippen molar-refractivity contribution in [1.29, 1.82) is 0 Å². The zero-order chi connectivity index (χ0) is 32.5. The van der Waals surface area contributed by atoms with E-state index in [1.54, 1.807) is 42.5 Å². The smallest absolute Gasteiger partial charge is 0.264 e. The number of nitrogens with one attached hydrogen (secondary N) is 1. The van der Waals surface area contributed by atoms with Gasteiger partial charge in [-0.1, -0.05) is 104 Å². The van der Waals surface area contributed by atoms with Gasteiger partial charge in [-0.2, -0.15) is 0 Å². The van der Waals surface area contributed by atoms with E-state index in [1.807, 2.05) is 30.3 Å². The molecule has 1 atom stereocenters. The molecule has 1 N–H and O–H groups in total. The van der Waals surface area contributed by atoms with E-state index in [4.69, 9.17) is 11.6 Å². The van der Waals surface area contributed by atoms with Crippen molar-refractivity contribution >= 4 is 39.1 Å². The van der Waals surface area contributed by atoms with Gasteiger partial charge in [0.15, 0.2) is 0 Å². The molecule has 240 valence electrons. The van der Waals surface area contributed by atoms with Crippen LogP contribution in [0.4, 0.5) is 10.1 Å². The lowest BCUT2D eigenvalue weighted by Crippen LogP contribution is -2.55. The fraction of sp³-hybridized carbons (Fsp3) is 0.278. The van der Waals surface area contributed by atoms with Crippen molar-refractivity contribution in [1.82, 2.24) is 10.2 Å². The number of benzene rings is 4. The number of anilines is 1. The molecule has 7 nitrogen and oxygen atoms in total. The van der Waals surface area contributed by atoms with Crippen LogP contribution in [-0.4, -0.2) is 43.8 Å². The van der Waals surface area contributed by atoms with Crippen LogP contribution >= 0.6 is 11.6 Å². The van der Waals surface area contributed by atoms with Gasteiger partial charge in [0, 0.05) is 24.0 Å². The van der Waals surface area contributed by atoms with Gasteiger partial charge in [0.2, 0.25) is 11.8 Å². The van der Waals surface area contributed by atoms with Crippen molar-refractivity contribution in [3.63, 3.8) is 0 Å². The van der Waals surface area contributed by atoms with E-state index in [9.17, 15) is 18.0 Å². The van der Waals surface area contributed by atoms with E-state index in [1.165, 1.54) is 35.2 Å². The zero-order valence-corrected chi connectivity index (χ0v) is 27.0. The minimum Gasteiger partial charge on any atom is -0.352 e. The summed E-state index contributed by atoms with van der Waals surface area (Å²) in [6.45, 7) is -0.726. The number of carbonyl (C=O) groups is 2. The maximum absolute atomic E-state index is 15.2. The third kappa shape index (κ3) is 8.33. The number of nitrogens with zero attached hydrogens (tertiary/aromatic N) is 2. The molecule has 46 heavy (non-hydrogen) atoms. The molecule has 0 radical (unpaired) electrons. The second kappa shape index (κ2) is 15.4. The average molecular weight is 662 g/mol. The molecular weight excluding hydrogens is 625 g/mol. The summed E-state index contributed by atoms with van der Waals surface area (Å²) in [5.41, 5.74) is 1.27. The van der Waals surface area contributed by atoms with Crippen LogP contribution in [0.25, 0.3) is 0 Å². The van der Waals surface area contributed by atoms with Gasteiger partial charge in [0.05, 0.1) is 10.6 Å². The van der Waals surface area contributed by atoms with Crippen LogP contribution in [0, 0.1) is 5.82 Å². The Bertz CT molecular complexity index is 1720.